The van der Waals surface area contributed by atoms with Crippen LogP contribution in [-0.4, -0.2) is 9.85 Å². The third-order valence-corrected chi connectivity index (χ3v) is 3.01. The lowest BCUT2D eigenvalue weighted by Crippen LogP contribution is -2.05. The molecule has 2 aromatic rings. The molecule has 0 amide bonds. The van der Waals surface area contributed by atoms with Gasteiger partial charge in [0.15, 0.2) is 0 Å². The van der Waals surface area contributed by atoms with Crippen LogP contribution in [0, 0.1) is 27.2 Å². The van der Waals surface area contributed by atoms with E-state index in [-0.39, 0.29) is 17.9 Å². The van der Waals surface area contributed by atoms with Crippen LogP contribution < -0.4 is 5.32 Å². The molecule has 0 aliphatic carbocycles. The Balaban J connectivity index is 2.25. The number of nitrogens with zero attached hydrogens (tertiary/aromatic N) is 2. The van der Waals surface area contributed by atoms with Gasteiger partial charge in [-0.3, -0.25) is 20.2 Å². The zero-order chi connectivity index (χ0) is 15.4. The van der Waals surface area contributed by atoms with E-state index in [4.69, 9.17) is 0 Å². The molecule has 0 aromatic heterocycles. The molecule has 0 atom stereocenters. The Labute approximate surface area is 120 Å². The number of benzene rings is 2. The first kappa shape index (κ1) is 14.4. The summed E-state index contributed by atoms with van der Waals surface area (Å²) in [4.78, 5) is 21.0. The lowest BCUT2D eigenvalue weighted by Gasteiger charge is -2.08. The lowest BCUT2D eigenvalue weighted by atomic mass is 10.1. The predicted octanol–water partition coefficient (Wildman–Crippen LogP) is 3.42. The van der Waals surface area contributed by atoms with Gasteiger partial charge in [0.1, 0.15) is 5.69 Å². The van der Waals surface area contributed by atoms with Crippen molar-refractivity contribution >= 4 is 17.1 Å². The van der Waals surface area contributed by atoms with Crippen LogP contribution in [0.1, 0.15) is 11.1 Å². The highest BCUT2D eigenvalue weighted by Crippen LogP contribution is 2.27. The summed E-state index contributed by atoms with van der Waals surface area (Å²) < 4.78 is 0. The fourth-order valence-corrected chi connectivity index (χ4v) is 1.97. The number of para-hydroxylation sites is 1. The first-order valence-electron chi connectivity index (χ1n) is 6.20. The molecule has 0 fully saturated rings. The minimum absolute atomic E-state index is 0.0141. The zero-order valence-corrected chi connectivity index (χ0v) is 11.3. The molecule has 0 spiro atoms. The molecule has 7 nitrogen and oxygen atoms in total. The molecule has 2 aromatic carbocycles. The number of nitro benzene ring substituents is 2. The molecule has 0 radical (unpaired) electrons. The van der Waals surface area contributed by atoms with Crippen molar-refractivity contribution in [3.05, 3.63) is 73.8 Å². The van der Waals surface area contributed by atoms with Gasteiger partial charge >= 0.3 is 0 Å². The van der Waals surface area contributed by atoms with Gasteiger partial charge < -0.3 is 5.32 Å². The number of hydrogen-bond acceptors (Lipinski definition) is 5. The number of rotatable bonds is 5. The second kappa shape index (κ2) is 6.00. The summed E-state index contributed by atoms with van der Waals surface area (Å²) in [5.74, 6) is 0. The summed E-state index contributed by atoms with van der Waals surface area (Å²) in [6.45, 7) is 1.90. The number of nitrogens with one attached hydrogen (secondary N) is 1. The van der Waals surface area contributed by atoms with Crippen molar-refractivity contribution in [3.63, 3.8) is 0 Å². The highest BCUT2D eigenvalue weighted by atomic mass is 16.6. The fraction of sp³-hybridized carbons (Fsp3) is 0.143. The summed E-state index contributed by atoms with van der Waals surface area (Å²) in [6.07, 6.45) is 0. The van der Waals surface area contributed by atoms with E-state index in [0.29, 0.717) is 11.3 Å². The summed E-state index contributed by atoms with van der Waals surface area (Å²) in [5.41, 5.74) is 1.52. The van der Waals surface area contributed by atoms with Crippen LogP contribution in [0.4, 0.5) is 17.1 Å². The van der Waals surface area contributed by atoms with E-state index in [1.165, 1.54) is 12.1 Å². The Morgan fingerprint density at radius 2 is 1.67 bits per heavy atom. The maximum atomic E-state index is 11.0. The molecule has 0 heterocycles. The molecule has 0 aliphatic rings. The molecular formula is C14H13N3O4. The summed E-state index contributed by atoms with van der Waals surface area (Å²) in [5, 5.41) is 24.8. The van der Waals surface area contributed by atoms with Crippen LogP contribution >= 0.6 is 0 Å². The maximum Gasteiger partial charge on any atom is 0.292 e. The second-order valence-electron chi connectivity index (χ2n) is 4.52. The van der Waals surface area contributed by atoms with Gasteiger partial charge in [0.2, 0.25) is 0 Å². The lowest BCUT2D eigenvalue weighted by molar-refractivity contribution is -0.385. The molecule has 1 N–H and O–H groups in total. The number of aryl methyl sites for hydroxylation is 1. The monoisotopic (exact) mass is 287 g/mol. The van der Waals surface area contributed by atoms with Gasteiger partial charge in [-0.1, -0.05) is 24.3 Å². The molecular weight excluding hydrogens is 274 g/mol. The first-order valence-corrected chi connectivity index (χ1v) is 6.20. The number of nitro groups is 2. The Morgan fingerprint density at radius 1 is 1.00 bits per heavy atom. The van der Waals surface area contributed by atoms with Crippen molar-refractivity contribution in [2.45, 2.75) is 13.5 Å². The van der Waals surface area contributed by atoms with Crippen LogP contribution in [-0.2, 0) is 6.54 Å². The van der Waals surface area contributed by atoms with Crippen molar-refractivity contribution in [1.82, 2.24) is 0 Å². The molecule has 0 saturated carbocycles. The highest BCUT2D eigenvalue weighted by molar-refractivity contribution is 5.63. The van der Waals surface area contributed by atoms with Gasteiger partial charge in [0.25, 0.3) is 11.4 Å². The molecule has 108 valence electrons. The van der Waals surface area contributed by atoms with Gasteiger partial charge in [-0.25, -0.2) is 0 Å². The van der Waals surface area contributed by atoms with Crippen LogP contribution in [0.3, 0.4) is 0 Å². The van der Waals surface area contributed by atoms with Crippen molar-refractivity contribution in [2.24, 2.45) is 0 Å². The summed E-state index contributed by atoms with van der Waals surface area (Å²) in [6, 6.07) is 11.1. The minimum Gasteiger partial charge on any atom is -0.375 e. The van der Waals surface area contributed by atoms with Gasteiger partial charge in [0.05, 0.1) is 9.85 Å². The minimum atomic E-state index is -0.477. The SMILES string of the molecule is Cc1ccc(NCc2ccccc2[N+](=O)[O-])c([N+](=O)[O-])c1. The average molecular weight is 287 g/mol. The molecule has 21 heavy (non-hydrogen) atoms. The zero-order valence-electron chi connectivity index (χ0n) is 11.3. The Hall–Kier alpha value is -2.96. The molecule has 7 heteroatoms. The van der Waals surface area contributed by atoms with Crippen LogP contribution in [0.25, 0.3) is 0 Å². The second-order valence-corrected chi connectivity index (χ2v) is 4.52. The van der Waals surface area contributed by atoms with Crippen LogP contribution in [0.15, 0.2) is 42.5 Å². The van der Waals surface area contributed by atoms with E-state index < -0.39 is 9.85 Å². The summed E-state index contributed by atoms with van der Waals surface area (Å²) >= 11 is 0. The van der Waals surface area contributed by atoms with E-state index in [9.17, 15) is 20.2 Å². The van der Waals surface area contributed by atoms with Crippen molar-refractivity contribution in [2.75, 3.05) is 5.32 Å². The Bertz CT molecular complexity index is 700. The van der Waals surface area contributed by atoms with Crippen molar-refractivity contribution in [1.29, 1.82) is 0 Å². The Kier molecular flexibility index (Phi) is 4.13. The van der Waals surface area contributed by atoms with Crippen LogP contribution in [0.5, 0.6) is 0 Å². The topological polar surface area (TPSA) is 98.3 Å². The number of anilines is 1. The normalized spacial score (nSPS) is 10.1. The van der Waals surface area contributed by atoms with E-state index in [1.54, 1.807) is 37.3 Å². The summed E-state index contributed by atoms with van der Waals surface area (Å²) in [7, 11) is 0. The first-order chi connectivity index (χ1) is 9.99. The third-order valence-electron chi connectivity index (χ3n) is 3.01. The molecule has 2 rings (SSSR count). The molecule has 0 saturated heterocycles. The maximum absolute atomic E-state index is 11.0. The van der Waals surface area contributed by atoms with Gasteiger partial charge in [-0.15, -0.1) is 0 Å². The largest absolute Gasteiger partial charge is 0.375 e. The third kappa shape index (κ3) is 3.33. The predicted molar refractivity (Wildman–Crippen MR) is 78.3 cm³/mol. The van der Waals surface area contributed by atoms with E-state index in [2.05, 4.69) is 5.32 Å². The number of hydrogen-bond donors (Lipinski definition) is 1. The quantitative estimate of drug-likeness (QED) is 0.671. The van der Waals surface area contributed by atoms with Crippen LogP contribution in [0.2, 0.25) is 0 Å². The average Bonchev–Trinajstić information content (AvgIpc) is 2.46. The van der Waals surface area contributed by atoms with Gasteiger partial charge in [0, 0.05) is 24.2 Å². The van der Waals surface area contributed by atoms with E-state index >= 15 is 0 Å². The fourth-order valence-electron chi connectivity index (χ4n) is 1.97. The standard InChI is InChI=1S/C14H13N3O4/c1-10-6-7-12(14(8-10)17(20)21)15-9-11-4-2-3-5-13(11)16(18)19/h2-8,15H,9H2,1H3. The molecule has 0 bridgehead atoms. The Morgan fingerprint density at radius 3 is 2.33 bits per heavy atom. The molecule has 0 unspecified atom stereocenters. The smallest absolute Gasteiger partial charge is 0.292 e. The van der Waals surface area contributed by atoms with Gasteiger partial charge in [-0.2, -0.15) is 0 Å². The van der Waals surface area contributed by atoms with E-state index in [0.717, 1.165) is 5.56 Å². The van der Waals surface area contributed by atoms with Crippen molar-refractivity contribution < 1.29 is 9.85 Å². The van der Waals surface area contributed by atoms with Crippen molar-refractivity contribution in [3.8, 4) is 0 Å². The van der Waals surface area contributed by atoms with E-state index in [1.807, 2.05) is 0 Å². The highest BCUT2D eigenvalue weighted by Gasteiger charge is 2.16. The molecule has 0 aliphatic heterocycles. The van der Waals surface area contributed by atoms with Gasteiger partial charge in [-0.05, 0) is 18.6 Å².